The third kappa shape index (κ3) is 7.18. The number of benzene rings is 3. The van der Waals surface area contributed by atoms with Gasteiger partial charge in [-0.3, -0.25) is 5.43 Å². The SMILES string of the molecule is CCCOc1ccc(C(=O)Oc2ccc(Br)cc2/C=N/NC(=S)Nc2ccccc2)cc1. The first-order chi connectivity index (χ1) is 15.5. The van der Waals surface area contributed by atoms with Crippen LogP contribution in [0.4, 0.5) is 5.69 Å². The Morgan fingerprint density at radius 2 is 1.84 bits per heavy atom. The number of hydrogen-bond acceptors (Lipinski definition) is 5. The van der Waals surface area contributed by atoms with Gasteiger partial charge in [-0.1, -0.05) is 41.1 Å². The van der Waals surface area contributed by atoms with Crippen molar-refractivity contribution in [1.29, 1.82) is 0 Å². The Balaban J connectivity index is 1.64. The molecule has 0 heterocycles. The molecule has 0 radical (unpaired) electrons. The molecule has 0 aromatic heterocycles. The number of anilines is 1. The molecule has 0 aliphatic heterocycles. The second kappa shape index (κ2) is 12.0. The summed E-state index contributed by atoms with van der Waals surface area (Å²) in [6.45, 7) is 2.66. The van der Waals surface area contributed by atoms with Gasteiger partial charge in [-0.15, -0.1) is 0 Å². The predicted molar refractivity (Wildman–Crippen MR) is 135 cm³/mol. The van der Waals surface area contributed by atoms with E-state index in [2.05, 4.69) is 31.8 Å². The number of nitrogens with one attached hydrogen (secondary N) is 2. The monoisotopic (exact) mass is 511 g/mol. The van der Waals surface area contributed by atoms with Gasteiger partial charge in [0.2, 0.25) is 0 Å². The van der Waals surface area contributed by atoms with Gasteiger partial charge in [-0.2, -0.15) is 5.10 Å². The van der Waals surface area contributed by atoms with Gasteiger partial charge in [0.05, 0.1) is 18.4 Å². The molecule has 3 aromatic rings. The van der Waals surface area contributed by atoms with Gasteiger partial charge >= 0.3 is 5.97 Å². The van der Waals surface area contributed by atoms with Crippen LogP contribution in [0.15, 0.2) is 82.4 Å². The smallest absolute Gasteiger partial charge is 0.343 e. The average Bonchev–Trinajstić information content (AvgIpc) is 2.80. The fourth-order valence-corrected chi connectivity index (χ4v) is 3.17. The standard InChI is InChI=1S/C24H22BrN3O3S/c1-2-14-30-21-11-8-17(9-12-21)23(29)31-22-13-10-19(25)15-18(22)16-26-28-24(32)27-20-6-4-3-5-7-20/h3-13,15-16H,2,14H2,1H3,(H2,27,28,32)/b26-16+. The summed E-state index contributed by atoms with van der Waals surface area (Å²) in [5, 5.41) is 7.52. The Morgan fingerprint density at radius 1 is 1.09 bits per heavy atom. The number of para-hydroxylation sites is 1. The van der Waals surface area contributed by atoms with Crippen molar-refractivity contribution >= 4 is 51.1 Å². The zero-order valence-corrected chi connectivity index (χ0v) is 19.8. The van der Waals surface area contributed by atoms with E-state index >= 15 is 0 Å². The highest BCUT2D eigenvalue weighted by Crippen LogP contribution is 2.23. The van der Waals surface area contributed by atoms with Gasteiger partial charge in [0.15, 0.2) is 5.11 Å². The normalized spacial score (nSPS) is 10.6. The van der Waals surface area contributed by atoms with Crippen LogP contribution in [0.3, 0.4) is 0 Å². The number of nitrogens with zero attached hydrogens (tertiary/aromatic N) is 1. The molecule has 164 valence electrons. The van der Waals surface area contributed by atoms with Crippen LogP contribution in [0.25, 0.3) is 0 Å². The van der Waals surface area contributed by atoms with Crippen LogP contribution >= 0.6 is 28.1 Å². The molecule has 0 atom stereocenters. The summed E-state index contributed by atoms with van der Waals surface area (Å²) in [6, 6.07) is 21.7. The summed E-state index contributed by atoms with van der Waals surface area (Å²) >= 11 is 8.67. The van der Waals surface area contributed by atoms with Crippen LogP contribution in [-0.4, -0.2) is 23.9 Å². The van der Waals surface area contributed by atoms with Gasteiger partial charge in [0, 0.05) is 15.7 Å². The summed E-state index contributed by atoms with van der Waals surface area (Å²) in [5.41, 5.74) is 4.63. The zero-order valence-electron chi connectivity index (χ0n) is 17.4. The second-order valence-corrected chi connectivity index (χ2v) is 7.96. The fraction of sp³-hybridized carbons (Fsp3) is 0.125. The fourth-order valence-electron chi connectivity index (χ4n) is 2.62. The van der Waals surface area contributed by atoms with Crippen molar-refractivity contribution in [3.8, 4) is 11.5 Å². The average molecular weight is 512 g/mol. The number of hydrazone groups is 1. The number of hydrogen-bond donors (Lipinski definition) is 2. The number of halogens is 1. The highest BCUT2D eigenvalue weighted by atomic mass is 79.9. The van der Waals surface area contributed by atoms with Crippen LogP contribution in [0, 0.1) is 0 Å². The van der Waals surface area contributed by atoms with E-state index in [1.54, 1.807) is 42.5 Å². The van der Waals surface area contributed by atoms with Gasteiger partial charge in [-0.05, 0) is 73.2 Å². The summed E-state index contributed by atoms with van der Waals surface area (Å²) < 4.78 is 12.0. The maximum atomic E-state index is 12.6. The first-order valence-corrected chi connectivity index (χ1v) is 11.1. The molecule has 0 saturated carbocycles. The van der Waals surface area contributed by atoms with E-state index in [1.807, 2.05) is 37.3 Å². The molecule has 0 amide bonds. The first kappa shape index (κ1) is 23.4. The van der Waals surface area contributed by atoms with Crippen molar-refractivity contribution in [3.05, 3.63) is 88.4 Å². The quantitative estimate of drug-likeness (QED) is 0.131. The predicted octanol–water partition coefficient (Wildman–Crippen LogP) is 5.78. The molecule has 3 rings (SSSR count). The molecule has 2 N–H and O–H groups in total. The number of carbonyl (C=O) groups is 1. The lowest BCUT2D eigenvalue weighted by molar-refractivity contribution is 0.0734. The Bertz CT molecular complexity index is 1090. The van der Waals surface area contributed by atoms with E-state index in [-0.39, 0.29) is 0 Å². The van der Waals surface area contributed by atoms with Crippen molar-refractivity contribution < 1.29 is 14.3 Å². The Morgan fingerprint density at radius 3 is 2.56 bits per heavy atom. The van der Waals surface area contributed by atoms with Crippen molar-refractivity contribution in [2.24, 2.45) is 5.10 Å². The zero-order chi connectivity index (χ0) is 22.8. The molecule has 0 aliphatic carbocycles. The molecule has 6 nitrogen and oxygen atoms in total. The van der Waals surface area contributed by atoms with Gasteiger partial charge in [0.25, 0.3) is 0 Å². The number of carbonyl (C=O) groups excluding carboxylic acids is 1. The Hall–Kier alpha value is -3.23. The molecular formula is C24H22BrN3O3S. The van der Waals surface area contributed by atoms with E-state index < -0.39 is 5.97 Å². The van der Waals surface area contributed by atoms with E-state index in [0.717, 1.165) is 16.6 Å². The number of rotatable bonds is 8. The lowest BCUT2D eigenvalue weighted by Gasteiger charge is -2.09. The summed E-state index contributed by atoms with van der Waals surface area (Å²) in [6.07, 6.45) is 2.45. The molecule has 32 heavy (non-hydrogen) atoms. The molecule has 0 aliphatic rings. The lowest BCUT2D eigenvalue weighted by atomic mass is 10.2. The number of ether oxygens (including phenoxy) is 2. The highest BCUT2D eigenvalue weighted by Gasteiger charge is 2.12. The van der Waals surface area contributed by atoms with Gasteiger partial charge in [-0.25, -0.2) is 4.79 Å². The Labute approximate surface area is 200 Å². The number of thiocarbonyl (C=S) groups is 1. The van der Waals surface area contributed by atoms with Crippen molar-refractivity contribution in [3.63, 3.8) is 0 Å². The van der Waals surface area contributed by atoms with Crippen molar-refractivity contribution in [2.75, 3.05) is 11.9 Å². The van der Waals surface area contributed by atoms with Gasteiger partial charge in [0.1, 0.15) is 11.5 Å². The molecular weight excluding hydrogens is 490 g/mol. The molecule has 0 bridgehead atoms. The van der Waals surface area contributed by atoms with Crippen LogP contribution in [0.1, 0.15) is 29.3 Å². The Kier molecular flexibility index (Phi) is 8.77. The molecule has 0 saturated heterocycles. The number of esters is 1. The minimum absolute atomic E-state index is 0.339. The summed E-state index contributed by atoms with van der Waals surface area (Å²) in [4.78, 5) is 12.6. The maximum Gasteiger partial charge on any atom is 0.343 e. The summed E-state index contributed by atoms with van der Waals surface area (Å²) in [7, 11) is 0. The van der Waals surface area contributed by atoms with Crippen molar-refractivity contribution in [1.82, 2.24) is 5.43 Å². The van der Waals surface area contributed by atoms with Crippen LogP contribution in [-0.2, 0) is 0 Å². The molecule has 0 unspecified atom stereocenters. The topological polar surface area (TPSA) is 72.0 Å². The molecule has 0 fully saturated rings. The summed E-state index contributed by atoms with van der Waals surface area (Å²) in [5.74, 6) is 0.612. The molecule has 0 spiro atoms. The largest absolute Gasteiger partial charge is 0.494 e. The minimum Gasteiger partial charge on any atom is -0.494 e. The third-order valence-electron chi connectivity index (χ3n) is 4.14. The first-order valence-electron chi connectivity index (χ1n) is 9.95. The third-order valence-corrected chi connectivity index (χ3v) is 4.83. The maximum absolute atomic E-state index is 12.6. The highest BCUT2D eigenvalue weighted by molar-refractivity contribution is 9.10. The van der Waals surface area contributed by atoms with E-state index in [9.17, 15) is 4.79 Å². The van der Waals surface area contributed by atoms with Crippen molar-refractivity contribution in [2.45, 2.75) is 13.3 Å². The van der Waals surface area contributed by atoms with Gasteiger partial charge < -0.3 is 14.8 Å². The van der Waals surface area contributed by atoms with Crippen LogP contribution < -0.4 is 20.2 Å². The van der Waals surface area contributed by atoms with Crippen LogP contribution in [0.5, 0.6) is 11.5 Å². The van der Waals surface area contributed by atoms with Crippen LogP contribution in [0.2, 0.25) is 0 Å². The van der Waals surface area contributed by atoms with E-state index in [0.29, 0.717) is 34.3 Å². The van der Waals surface area contributed by atoms with E-state index in [1.165, 1.54) is 6.21 Å². The second-order valence-electron chi connectivity index (χ2n) is 6.63. The lowest BCUT2D eigenvalue weighted by Crippen LogP contribution is -2.23. The molecule has 3 aromatic carbocycles. The minimum atomic E-state index is -0.474. The van der Waals surface area contributed by atoms with E-state index in [4.69, 9.17) is 21.7 Å². The molecule has 8 heteroatoms.